The Hall–Kier alpha value is -2.52. The molecule has 9 heteroatoms. The Morgan fingerprint density at radius 2 is 1.83 bits per heavy atom. The highest BCUT2D eigenvalue weighted by Crippen LogP contribution is 2.15. The molecule has 156 valence electrons. The predicted molar refractivity (Wildman–Crippen MR) is 115 cm³/mol. The molecule has 8 nitrogen and oxygen atoms in total. The van der Waals surface area contributed by atoms with Crippen molar-refractivity contribution in [2.24, 2.45) is 0 Å². The van der Waals surface area contributed by atoms with E-state index in [1.165, 1.54) is 17.4 Å². The lowest BCUT2D eigenvalue weighted by Gasteiger charge is -2.36. The van der Waals surface area contributed by atoms with Crippen molar-refractivity contribution >= 4 is 35.1 Å². The molecule has 0 saturated carbocycles. The Morgan fingerprint density at radius 3 is 2.52 bits per heavy atom. The molecule has 1 aromatic heterocycles. The van der Waals surface area contributed by atoms with Gasteiger partial charge in [0.05, 0.1) is 11.5 Å². The fourth-order valence-electron chi connectivity index (χ4n) is 3.11. The lowest BCUT2D eigenvalue weighted by atomic mass is 10.2. The topological polar surface area (TPSA) is 90.7 Å². The van der Waals surface area contributed by atoms with Crippen molar-refractivity contribution < 1.29 is 14.1 Å². The average Bonchev–Trinajstić information content (AvgIpc) is 3.13. The molecule has 0 bridgehead atoms. The second kappa shape index (κ2) is 10.9. The molecule has 2 aromatic rings. The summed E-state index contributed by atoms with van der Waals surface area (Å²) in [6, 6.07) is 12.1. The number of rotatable bonds is 9. The third kappa shape index (κ3) is 7.10. The van der Waals surface area contributed by atoms with E-state index in [9.17, 15) is 9.59 Å². The van der Waals surface area contributed by atoms with Crippen LogP contribution < -0.4 is 15.5 Å². The number of nitrogens with one attached hydrogen (secondary N) is 2. The van der Waals surface area contributed by atoms with Crippen molar-refractivity contribution in [3.63, 3.8) is 0 Å². The highest BCUT2D eigenvalue weighted by Gasteiger charge is 2.16. The van der Waals surface area contributed by atoms with Crippen molar-refractivity contribution in [2.75, 3.05) is 61.0 Å². The SMILES string of the molecule is Cc1cc(NC(=O)CSCC(=O)NCCN2CCN(c3ccccc3)CC2)no1. The van der Waals surface area contributed by atoms with Crippen molar-refractivity contribution in [3.8, 4) is 0 Å². The van der Waals surface area contributed by atoms with Gasteiger partial charge in [0.1, 0.15) is 5.76 Å². The highest BCUT2D eigenvalue weighted by molar-refractivity contribution is 8.00. The number of hydrogen-bond acceptors (Lipinski definition) is 7. The van der Waals surface area contributed by atoms with E-state index in [-0.39, 0.29) is 23.3 Å². The number of anilines is 2. The number of piperazine rings is 1. The molecule has 0 atom stereocenters. The molecule has 2 N–H and O–H groups in total. The van der Waals surface area contributed by atoms with Gasteiger partial charge in [-0.25, -0.2) is 0 Å². The first kappa shape index (κ1) is 21.2. The summed E-state index contributed by atoms with van der Waals surface area (Å²) < 4.78 is 4.89. The standard InChI is InChI=1S/C20H27N5O3S/c1-16-13-18(23-28-16)22-20(27)15-29-14-19(26)21-7-8-24-9-11-25(12-10-24)17-5-3-2-4-6-17/h2-6,13H,7-12,14-15H2,1H3,(H,21,26)(H,22,23,27). The summed E-state index contributed by atoms with van der Waals surface area (Å²) in [7, 11) is 0. The van der Waals surface area contributed by atoms with E-state index in [1.807, 2.05) is 6.07 Å². The van der Waals surface area contributed by atoms with E-state index in [0.29, 0.717) is 18.1 Å². The van der Waals surface area contributed by atoms with Gasteiger partial charge in [-0.1, -0.05) is 23.4 Å². The van der Waals surface area contributed by atoms with Gasteiger partial charge in [0.15, 0.2) is 5.82 Å². The number of amides is 2. The molecule has 0 aliphatic carbocycles. The fourth-order valence-corrected chi connectivity index (χ4v) is 3.76. The predicted octanol–water partition coefficient (Wildman–Crippen LogP) is 1.59. The molecular formula is C20H27N5O3S. The molecule has 1 aliphatic heterocycles. The Kier molecular flexibility index (Phi) is 7.94. The highest BCUT2D eigenvalue weighted by atomic mass is 32.2. The zero-order valence-corrected chi connectivity index (χ0v) is 17.4. The summed E-state index contributed by atoms with van der Waals surface area (Å²) in [5, 5.41) is 9.26. The largest absolute Gasteiger partial charge is 0.369 e. The van der Waals surface area contributed by atoms with E-state index < -0.39 is 0 Å². The van der Waals surface area contributed by atoms with Gasteiger partial charge in [0.25, 0.3) is 0 Å². The van der Waals surface area contributed by atoms with Gasteiger partial charge in [0.2, 0.25) is 11.8 Å². The van der Waals surface area contributed by atoms with E-state index in [1.54, 1.807) is 13.0 Å². The maximum atomic E-state index is 11.9. The van der Waals surface area contributed by atoms with Crippen molar-refractivity contribution in [2.45, 2.75) is 6.92 Å². The first-order chi connectivity index (χ1) is 14.1. The number of carbonyl (C=O) groups excluding carboxylic acids is 2. The number of aryl methyl sites for hydroxylation is 1. The maximum Gasteiger partial charge on any atom is 0.235 e. The number of thioether (sulfide) groups is 1. The summed E-state index contributed by atoms with van der Waals surface area (Å²) >= 11 is 1.28. The van der Waals surface area contributed by atoms with Gasteiger partial charge < -0.3 is 20.1 Å². The molecule has 0 unspecified atom stereocenters. The van der Waals surface area contributed by atoms with Crippen LogP contribution in [-0.4, -0.2) is 72.6 Å². The van der Waals surface area contributed by atoms with Crippen molar-refractivity contribution in [1.82, 2.24) is 15.4 Å². The number of carbonyl (C=O) groups is 2. The zero-order valence-electron chi connectivity index (χ0n) is 16.6. The number of para-hydroxylation sites is 1. The summed E-state index contributed by atoms with van der Waals surface area (Å²) in [6.07, 6.45) is 0. The van der Waals surface area contributed by atoms with Gasteiger partial charge in [-0.15, -0.1) is 11.8 Å². The van der Waals surface area contributed by atoms with E-state index in [4.69, 9.17) is 4.52 Å². The minimum atomic E-state index is -0.201. The summed E-state index contributed by atoms with van der Waals surface area (Å²) in [5.74, 6) is 1.22. The number of benzene rings is 1. The van der Waals surface area contributed by atoms with Crippen LogP contribution in [0.15, 0.2) is 40.9 Å². The Labute approximate surface area is 175 Å². The minimum Gasteiger partial charge on any atom is -0.369 e. The quantitative estimate of drug-likeness (QED) is 0.640. The van der Waals surface area contributed by atoms with Gasteiger partial charge >= 0.3 is 0 Å². The van der Waals surface area contributed by atoms with Crippen LogP contribution in [0.4, 0.5) is 11.5 Å². The third-order valence-electron chi connectivity index (χ3n) is 4.61. The summed E-state index contributed by atoms with van der Waals surface area (Å²) in [5.41, 5.74) is 1.26. The van der Waals surface area contributed by atoms with Crippen LogP contribution in [0.5, 0.6) is 0 Å². The first-order valence-corrected chi connectivity index (χ1v) is 10.9. The maximum absolute atomic E-state index is 11.9. The lowest BCUT2D eigenvalue weighted by molar-refractivity contribution is -0.118. The Morgan fingerprint density at radius 1 is 1.10 bits per heavy atom. The second-order valence-corrected chi connectivity index (χ2v) is 7.86. The molecular weight excluding hydrogens is 390 g/mol. The smallest absolute Gasteiger partial charge is 0.235 e. The summed E-state index contributed by atoms with van der Waals surface area (Å²) in [6.45, 7) is 7.18. The molecule has 0 spiro atoms. The van der Waals surface area contributed by atoms with Crippen LogP contribution in [0.3, 0.4) is 0 Å². The van der Waals surface area contributed by atoms with Gasteiger partial charge in [-0.2, -0.15) is 0 Å². The van der Waals surface area contributed by atoms with E-state index >= 15 is 0 Å². The number of aromatic nitrogens is 1. The molecule has 1 fully saturated rings. The van der Waals surface area contributed by atoms with Crippen molar-refractivity contribution in [1.29, 1.82) is 0 Å². The molecule has 3 rings (SSSR count). The van der Waals surface area contributed by atoms with Gasteiger partial charge in [-0.05, 0) is 19.1 Å². The molecule has 0 radical (unpaired) electrons. The van der Waals surface area contributed by atoms with Crippen LogP contribution in [0, 0.1) is 6.92 Å². The van der Waals surface area contributed by atoms with Crippen LogP contribution in [0.25, 0.3) is 0 Å². The second-order valence-electron chi connectivity index (χ2n) is 6.88. The van der Waals surface area contributed by atoms with E-state index in [0.717, 1.165) is 32.7 Å². The third-order valence-corrected chi connectivity index (χ3v) is 5.54. The Bertz CT molecular complexity index is 790. The van der Waals surface area contributed by atoms with Crippen molar-refractivity contribution in [3.05, 3.63) is 42.2 Å². The molecule has 2 heterocycles. The van der Waals surface area contributed by atoms with Crippen LogP contribution >= 0.6 is 11.8 Å². The summed E-state index contributed by atoms with van der Waals surface area (Å²) in [4.78, 5) is 28.5. The van der Waals surface area contributed by atoms with Crippen LogP contribution in [0.1, 0.15) is 5.76 Å². The monoisotopic (exact) mass is 417 g/mol. The molecule has 1 aromatic carbocycles. The van der Waals surface area contributed by atoms with Crippen LogP contribution in [0.2, 0.25) is 0 Å². The average molecular weight is 418 g/mol. The van der Waals surface area contributed by atoms with Gasteiger partial charge in [0, 0.05) is 51.0 Å². The minimum absolute atomic E-state index is 0.0528. The Balaban J connectivity index is 1.23. The lowest BCUT2D eigenvalue weighted by Crippen LogP contribution is -2.48. The number of hydrogen-bond donors (Lipinski definition) is 2. The molecule has 1 aliphatic rings. The van der Waals surface area contributed by atoms with Crippen LogP contribution in [-0.2, 0) is 9.59 Å². The number of nitrogens with zero attached hydrogens (tertiary/aromatic N) is 3. The van der Waals surface area contributed by atoms with E-state index in [2.05, 4.69) is 49.9 Å². The molecule has 1 saturated heterocycles. The molecule has 29 heavy (non-hydrogen) atoms. The normalized spacial score (nSPS) is 14.6. The first-order valence-electron chi connectivity index (χ1n) is 9.70. The zero-order chi connectivity index (χ0) is 20.5. The molecule has 2 amide bonds. The fraction of sp³-hybridized carbons (Fsp3) is 0.450. The van der Waals surface area contributed by atoms with Gasteiger partial charge in [-0.3, -0.25) is 14.5 Å².